The van der Waals surface area contributed by atoms with E-state index in [2.05, 4.69) is 49.2 Å². The highest BCUT2D eigenvalue weighted by molar-refractivity contribution is 5.51. The second-order valence-corrected chi connectivity index (χ2v) is 4.62. The zero-order valence-corrected chi connectivity index (χ0v) is 11.7. The van der Waals surface area contributed by atoms with Gasteiger partial charge in [-0.15, -0.1) is 0 Å². The Hall–Kier alpha value is -1.02. The lowest BCUT2D eigenvalue weighted by atomic mass is 10.1. The largest absolute Gasteiger partial charge is 0.370 e. The van der Waals surface area contributed by atoms with Gasteiger partial charge in [-0.1, -0.05) is 19.9 Å². The molecule has 2 nitrogen and oxygen atoms in total. The van der Waals surface area contributed by atoms with Crippen LogP contribution in [-0.2, 0) is 6.42 Å². The molecule has 1 aromatic carbocycles. The Bertz CT molecular complexity index is 334. The third kappa shape index (κ3) is 4.39. The zero-order valence-electron chi connectivity index (χ0n) is 11.7. The van der Waals surface area contributed by atoms with E-state index in [9.17, 15) is 0 Å². The van der Waals surface area contributed by atoms with Gasteiger partial charge in [-0.2, -0.15) is 0 Å². The first-order valence-electron chi connectivity index (χ1n) is 6.71. The third-order valence-corrected chi connectivity index (χ3v) is 3.02. The molecule has 0 fully saturated rings. The topological polar surface area (TPSA) is 15.3 Å². The van der Waals surface area contributed by atoms with Gasteiger partial charge in [0, 0.05) is 25.3 Å². The van der Waals surface area contributed by atoms with Crippen LogP contribution < -0.4 is 10.2 Å². The summed E-state index contributed by atoms with van der Waals surface area (Å²) in [6.45, 7) is 9.89. The number of nitrogens with zero attached hydrogens (tertiary/aromatic N) is 1. The summed E-state index contributed by atoms with van der Waals surface area (Å²) < 4.78 is 0. The van der Waals surface area contributed by atoms with Crippen molar-refractivity contribution in [2.45, 2.75) is 33.6 Å². The Morgan fingerprint density at radius 1 is 1.12 bits per heavy atom. The molecule has 0 saturated carbocycles. The van der Waals surface area contributed by atoms with Crippen molar-refractivity contribution in [1.29, 1.82) is 0 Å². The van der Waals surface area contributed by atoms with Gasteiger partial charge in [0.2, 0.25) is 0 Å². The van der Waals surface area contributed by atoms with Crippen LogP contribution in [0, 0.1) is 6.92 Å². The van der Waals surface area contributed by atoms with Crippen LogP contribution in [0.15, 0.2) is 18.2 Å². The van der Waals surface area contributed by atoms with Gasteiger partial charge in [-0.25, -0.2) is 0 Å². The Labute approximate surface area is 106 Å². The van der Waals surface area contributed by atoms with Gasteiger partial charge >= 0.3 is 0 Å². The second-order valence-electron chi connectivity index (χ2n) is 4.62. The van der Waals surface area contributed by atoms with E-state index >= 15 is 0 Å². The number of aryl methyl sites for hydroxylation is 2. The Morgan fingerprint density at radius 2 is 1.88 bits per heavy atom. The highest BCUT2D eigenvalue weighted by Crippen LogP contribution is 2.19. The smallest absolute Gasteiger partial charge is 0.0372 e. The summed E-state index contributed by atoms with van der Waals surface area (Å²) >= 11 is 0. The number of hydrogen-bond donors (Lipinski definition) is 1. The lowest BCUT2D eigenvalue weighted by Gasteiger charge is -2.25. The van der Waals surface area contributed by atoms with E-state index < -0.39 is 0 Å². The first-order valence-corrected chi connectivity index (χ1v) is 6.71. The van der Waals surface area contributed by atoms with Crippen molar-refractivity contribution < 1.29 is 0 Å². The van der Waals surface area contributed by atoms with Crippen LogP contribution in [0.1, 0.15) is 31.4 Å². The van der Waals surface area contributed by atoms with Crippen molar-refractivity contribution >= 4 is 5.69 Å². The first-order chi connectivity index (χ1) is 8.21. The lowest BCUT2D eigenvalue weighted by Crippen LogP contribution is -2.31. The molecular weight excluding hydrogens is 208 g/mol. The van der Waals surface area contributed by atoms with Crippen LogP contribution in [-0.4, -0.2) is 26.7 Å². The van der Waals surface area contributed by atoms with Gasteiger partial charge in [-0.05, 0) is 50.1 Å². The summed E-state index contributed by atoms with van der Waals surface area (Å²) in [5.74, 6) is 0. The molecule has 0 radical (unpaired) electrons. The Kier molecular flexibility index (Phi) is 6.06. The minimum atomic E-state index is 1.04. The Morgan fingerprint density at radius 3 is 2.47 bits per heavy atom. The number of anilines is 1. The molecule has 0 atom stereocenters. The average molecular weight is 234 g/mol. The standard InChI is InChI=1S/C15H26N2/c1-5-8-17(9-7-16-4)15-11-13(3)10-14(6-2)12-15/h10-12,16H,5-9H2,1-4H3. The van der Waals surface area contributed by atoms with Gasteiger partial charge in [-0.3, -0.25) is 0 Å². The Balaban J connectivity index is 2.87. The predicted molar refractivity (Wildman–Crippen MR) is 77.0 cm³/mol. The maximum absolute atomic E-state index is 3.23. The predicted octanol–water partition coefficient (Wildman–Crippen LogP) is 2.99. The van der Waals surface area contributed by atoms with Gasteiger partial charge < -0.3 is 10.2 Å². The fraction of sp³-hybridized carbons (Fsp3) is 0.600. The molecule has 0 saturated heterocycles. The van der Waals surface area contributed by atoms with Crippen LogP contribution in [0.2, 0.25) is 0 Å². The van der Waals surface area contributed by atoms with Gasteiger partial charge in [0.25, 0.3) is 0 Å². The molecule has 17 heavy (non-hydrogen) atoms. The van der Waals surface area contributed by atoms with Crippen LogP contribution in [0.4, 0.5) is 5.69 Å². The average Bonchev–Trinajstić information content (AvgIpc) is 2.33. The normalized spacial score (nSPS) is 10.6. The quantitative estimate of drug-likeness (QED) is 0.780. The van der Waals surface area contributed by atoms with E-state index in [1.807, 2.05) is 7.05 Å². The number of nitrogens with one attached hydrogen (secondary N) is 1. The molecule has 0 aliphatic carbocycles. The van der Waals surface area contributed by atoms with Crippen molar-refractivity contribution in [2.75, 3.05) is 31.6 Å². The molecule has 0 amide bonds. The SMILES string of the molecule is CCCN(CCNC)c1cc(C)cc(CC)c1. The maximum atomic E-state index is 3.23. The molecule has 1 N–H and O–H groups in total. The summed E-state index contributed by atoms with van der Waals surface area (Å²) in [5, 5.41) is 3.23. The van der Waals surface area contributed by atoms with Gasteiger partial charge in [0.05, 0.1) is 0 Å². The third-order valence-electron chi connectivity index (χ3n) is 3.02. The molecule has 2 heteroatoms. The molecule has 0 aliphatic rings. The molecule has 1 aromatic rings. The summed E-state index contributed by atoms with van der Waals surface area (Å²) in [7, 11) is 2.01. The zero-order chi connectivity index (χ0) is 12.7. The number of benzene rings is 1. The van der Waals surface area contributed by atoms with Crippen molar-refractivity contribution in [1.82, 2.24) is 5.32 Å². The molecule has 0 aliphatic heterocycles. The number of likely N-dealkylation sites (N-methyl/N-ethyl adjacent to an activating group) is 1. The van der Waals surface area contributed by atoms with Crippen molar-refractivity contribution in [3.8, 4) is 0 Å². The molecule has 0 bridgehead atoms. The van der Waals surface area contributed by atoms with Crippen LogP contribution in [0.3, 0.4) is 0 Å². The molecular formula is C15H26N2. The van der Waals surface area contributed by atoms with Gasteiger partial charge in [0.15, 0.2) is 0 Å². The highest BCUT2D eigenvalue weighted by Gasteiger charge is 2.06. The van der Waals surface area contributed by atoms with E-state index in [0.717, 1.165) is 26.1 Å². The van der Waals surface area contributed by atoms with Crippen molar-refractivity contribution in [3.63, 3.8) is 0 Å². The molecule has 0 spiro atoms. The van der Waals surface area contributed by atoms with Gasteiger partial charge in [0.1, 0.15) is 0 Å². The summed E-state index contributed by atoms with van der Waals surface area (Å²) in [6.07, 6.45) is 2.31. The molecule has 1 rings (SSSR count). The summed E-state index contributed by atoms with van der Waals surface area (Å²) in [5.41, 5.74) is 4.18. The van der Waals surface area contributed by atoms with E-state index in [-0.39, 0.29) is 0 Å². The van der Waals surface area contributed by atoms with Crippen molar-refractivity contribution in [3.05, 3.63) is 29.3 Å². The molecule has 96 valence electrons. The first kappa shape index (κ1) is 14.0. The number of hydrogen-bond acceptors (Lipinski definition) is 2. The molecule has 0 heterocycles. The summed E-state index contributed by atoms with van der Waals surface area (Å²) in [4.78, 5) is 2.47. The minimum Gasteiger partial charge on any atom is -0.370 e. The van der Waals surface area contributed by atoms with Crippen LogP contribution in [0.5, 0.6) is 0 Å². The van der Waals surface area contributed by atoms with E-state index in [4.69, 9.17) is 0 Å². The number of rotatable bonds is 7. The lowest BCUT2D eigenvalue weighted by molar-refractivity contribution is 0.709. The second kappa shape index (κ2) is 7.33. The minimum absolute atomic E-state index is 1.04. The molecule has 0 aromatic heterocycles. The summed E-state index contributed by atoms with van der Waals surface area (Å²) in [6, 6.07) is 6.91. The molecule has 0 unspecified atom stereocenters. The fourth-order valence-corrected chi connectivity index (χ4v) is 2.11. The van der Waals surface area contributed by atoms with E-state index in [1.54, 1.807) is 0 Å². The highest BCUT2D eigenvalue weighted by atomic mass is 15.1. The van der Waals surface area contributed by atoms with E-state index in [0.29, 0.717) is 0 Å². The van der Waals surface area contributed by atoms with Crippen molar-refractivity contribution in [2.24, 2.45) is 0 Å². The fourth-order valence-electron chi connectivity index (χ4n) is 2.11. The van der Waals surface area contributed by atoms with E-state index in [1.165, 1.54) is 23.2 Å². The van der Waals surface area contributed by atoms with Crippen LogP contribution in [0.25, 0.3) is 0 Å². The maximum Gasteiger partial charge on any atom is 0.0372 e. The van der Waals surface area contributed by atoms with Crippen LogP contribution >= 0.6 is 0 Å². The monoisotopic (exact) mass is 234 g/mol.